The number of rotatable bonds is 4. The number of pyridine rings is 1. The molecule has 192 valence electrons. The van der Waals surface area contributed by atoms with Gasteiger partial charge in [0.15, 0.2) is 0 Å². The Bertz CT molecular complexity index is 1380. The lowest BCUT2D eigenvalue weighted by molar-refractivity contribution is -0.138. The average Bonchev–Trinajstić information content (AvgIpc) is 2.79. The lowest BCUT2D eigenvalue weighted by Gasteiger charge is -2.31. The summed E-state index contributed by atoms with van der Waals surface area (Å²) in [4.78, 5) is 27.1. The first-order valence-corrected chi connectivity index (χ1v) is 13.8. The molecular weight excluding hydrogens is 490 g/mol. The minimum atomic E-state index is -4.44. The van der Waals surface area contributed by atoms with Gasteiger partial charge in [0.05, 0.1) is 22.8 Å². The molecule has 0 spiro atoms. The molecule has 1 saturated heterocycles. The van der Waals surface area contributed by atoms with Gasteiger partial charge in [-0.3, -0.25) is 4.79 Å². The molecular formula is C25H29F3N5O2P. The van der Waals surface area contributed by atoms with Crippen LogP contribution < -0.4 is 10.8 Å². The highest BCUT2D eigenvalue weighted by molar-refractivity contribution is 7.71. The van der Waals surface area contributed by atoms with Crippen LogP contribution in [0.15, 0.2) is 24.3 Å². The predicted octanol–water partition coefficient (Wildman–Crippen LogP) is 4.99. The quantitative estimate of drug-likeness (QED) is 0.489. The largest absolute Gasteiger partial charge is 0.416 e. The maximum absolute atomic E-state index is 13.8. The highest BCUT2D eigenvalue weighted by Crippen LogP contribution is 2.46. The molecule has 0 radical (unpaired) electrons. The number of hydrogen-bond acceptors (Lipinski definition) is 6. The third kappa shape index (κ3) is 4.96. The van der Waals surface area contributed by atoms with Crippen LogP contribution in [0.4, 0.5) is 19.0 Å². The Morgan fingerprint density at radius 2 is 1.78 bits per heavy atom. The summed E-state index contributed by atoms with van der Waals surface area (Å²) in [5.41, 5.74) is 1.65. The first kappa shape index (κ1) is 26.1. The molecule has 3 aromatic rings. The summed E-state index contributed by atoms with van der Waals surface area (Å²) < 4.78 is 54.2. The number of nitrogens with zero attached hydrogens (tertiary/aromatic N) is 4. The normalized spacial score (nSPS) is 16.7. The van der Waals surface area contributed by atoms with Crippen molar-refractivity contribution in [3.8, 4) is 0 Å². The average molecular weight is 520 g/mol. The van der Waals surface area contributed by atoms with Crippen LogP contribution in [-0.4, -0.2) is 51.2 Å². The maximum Gasteiger partial charge on any atom is 0.416 e. The van der Waals surface area contributed by atoms with Gasteiger partial charge in [0, 0.05) is 37.7 Å². The Morgan fingerprint density at radius 3 is 2.39 bits per heavy atom. The first-order chi connectivity index (χ1) is 16.8. The van der Waals surface area contributed by atoms with E-state index >= 15 is 0 Å². The van der Waals surface area contributed by atoms with Crippen LogP contribution in [0.2, 0.25) is 0 Å². The van der Waals surface area contributed by atoms with Gasteiger partial charge in [0.25, 0.3) is 0 Å². The number of anilines is 1. The van der Waals surface area contributed by atoms with Crippen molar-refractivity contribution in [2.24, 2.45) is 0 Å². The number of aryl methyl sites for hydroxylation is 2. The number of halogens is 3. The molecule has 7 nitrogen and oxygen atoms in total. The Morgan fingerprint density at radius 1 is 1.11 bits per heavy atom. The van der Waals surface area contributed by atoms with Gasteiger partial charge in [0.1, 0.15) is 24.2 Å². The fourth-order valence-corrected chi connectivity index (χ4v) is 7.25. The molecule has 1 aromatic carbocycles. The minimum absolute atomic E-state index is 0.0434. The van der Waals surface area contributed by atoms with Gasteiger partial charge in [0.2, 0.25) is 5.91 Å². The van der Waals surface area contributed by atoms with Crippen LogP contribution in [-0.2, 0) is 15.5 Å². The summed E-state index contributed by atoms with van der Waals surface area (Å²) in [6.07, 6.45) is -3.75. The molecule has 2 aromatic heterocycles. The number of hydrogen-bond donors (Lipinski definition) is 1. The molecule has 11 heteroatoms. The zero-order chi connectivity index (χ0) is 26.4. The molecule has 1 N–H and O–H groups in total. The van der Waals surface area contributed by atoms with Crippen molar-refractivity contribution >= 4 is 35.2 Å². The van der Waals surface area contributed by atoms with E-state index in [4.69, 9.17) is 0 Å². The molecule has 4 rings (SSSR count). The van der Waals surface area contributed by atoms with Crippen molar-refractivity contribution in [2.45, 2.75) is 46.8 Å². The number of carbonyl (C=O) groups excluding carboxylic acids is 1. The summed E-state index contributed by atoms with van der Waals surface area (Å²) in [7, 11) is -2.84. The Balaban J connectivity index is 1.74. The molecule has 1 aliphatic rings. The predicted molar refractivity (Wildman–Crippen MR) is 134 cm³/mol. The van der Waals surface area contributed by atoms with E-state index in [0.29, 0.717) is 64.7 Å². The fourth-order valence-electron chi connectivity index (χ4n) is 4.74. The van der Waals surface area contributed by atoms with Crippen LogP contribution >= 0.6 is 7.14 Å². The van der Waals surface area contributed by atoms with E-state index in [2.05, 4.69) is 20.3 Å². The van der Waals surface area contributed by atoms with Crippen molar-refractivity contribution in [2.75, 3.05) is 30.7 Å². The van der Waals surface area contributed by atoms with Crippen LogP contribution in [0.3, 0.4) is 0 Å². The molecule has 0 aliphatic carbocycles. The number of amides is 1. The number of alkyl halides is 3. The second-order valence-corrected chi connectivity index (χ2v) is 12.4. The van der Waals surface area contributed by atoms with Crippen LogP contribution in [0.25, 0.3) is 10.9 Å². The number of aromatic nitrogens is 3. The molecule has 0 bridgehead atoms. The van der Waals surface area contributed by atoms with E-state index in [1.807, 2.05) is 0 Å². The fraction of sp³-hybridized carbons (Fsp3) is 0.440. The Hall–Kier alpha value is -3.00. The van der Waals surface area contributed by atoms with Crippen molar-refractivity contribution in [1.82, 2.24) is 19.9 Å². The van der Waals surface area contributed by atoms with Gasteiger partial charge in [-0.1, -0.05) is 12.1 Å². The summed E-state index contributed by atoms with van der Waals surface area (Å²) in [5.74, 6) is 0.887. The minimum Gasteiger partial charge on any atom is -0.363 e. The first-order valence-electron chi connectivity index (χ1n) is 11.7. The van der Waals surface area contributed by atoms with E-state index in [1.165, 1.54) is 19.9 Å². The number of benzene rings is 1. The van der Waals surface area contributed by atoms with Crippen molar-refractivity contribution in [1.29, 1.82) is 0 Å². The molecule has 0 saturated carbocycles. The molecule has 1 amide bonds. The molecule has 1 fully saturated rings. The zero-order valence-corrected chi connectivity index (χ0v) is 21.8. The van der Waals surface area contributed by atoms with Gasteiger partial charge in [-0.2, -0.15) is 13.2 Å². The summed E-state index contributed by atoms with van der Waals surface area (Å²) >= 11 is 0. The maximum atomic E-state index is 13.8. The zero-order valence-electron chi connectivity index (χ0n) is 20.9. The van der Waals surface area contributed by atoms with Gasteiger partial charge >= 0.3 is 6.18 Å². The lowest BCUT2D eigenvalue weighted by Crippen LogP contribution is -2.40. The second-order valence-electron chi connectivity index (χ2n) is 9.31. The topological polar surface area (TPSA) is 88.1 Å². The molecule has 3 heterocycles. The Labute approximate surface area is 207 Å². The second kappa shape index (κ2) is 9.47. The van der Waals surface area contributed by atoms with Gasteiger partial charge in [-0.15, -0.1) is 0 Å². The number of fused-ring (bicyclic) bond motifs is 1. The van der Waals surface area contributed by atoms with E-state index in [-0.39, 0.29) is 11.5 Å². The molecule has 1 atom stereocenters. The Kier molecular flexibility index (Phi) is 6.86. The van der Waals surface area contributed by atoms with E-state index in [0.717, 1.165) is 6.07 Å². The smallest absolute Gasteiger partial charge is 0.363 e. The number of carbonyl (C=O) groups is 1. The van der Waals surface area contributed by atoms with Crippen molar-refractivity contribution < 1.29 is 22.5 Å². The third-order valence-electron chi connectivity index (χ3n) is 6.78. The van der Waals surface area contributed by atoms with Gasteiger partial charge in [-0.25, -0.2) is 15.0 Å². The number of nitrogens with one attached hydrogen (secondary N) is 1. The molecule has 1 aliphatic heterocycles. The van der Waals surface area contributed by atoms with E-state index in [1.54, 1.807) is 37.8 Å². The summed E-state index contributed by atoms with van der Waals surface area (Å²) in [6, 6.07) is 5.39. The van der Waals surface area contributed by atoms with E-state index < -0.39 is 24.9 Å². The third-order valence-corrected chi connectivity index (χ3v) is 9.69. The highest BCUT2D eigenvalue weighted by atomic mass is 31.2. The van der Waals surface area contributed by atoms with Crippen molar-refractivity contribution in [3.05, 3.63) is 52.5 Å². The lowest BCUT2D eigenvalue weighted by atomic mass is 9.97. The SMILES string of the molecule is CC(=O)N1CCP(=O)(c2cc3c(N[C@H](C)c4cccc(C(F)(F)F)c4C)nc(C)nc3c(C)n2)CC1. The molecule has 0 unspecified atom stereocenters. The standard InChI is InChI=1S/C25H29F3N5O2P/c1-14-19(7-6-8-21(14)25(26,27)28)15(2)30-24-20-13-22(29-16(3)23(20)31-17(4)32-24)36(35)11-9-33(10-12-36)18(5)34/h6-8,13,15H,9-12H2,1-5H3,(H,30,31,32)/t15-/m1/s1. The van der Waals surface area contributed by atoms with Crippen molar-refractivity contribution in [3.63, 3.8) is 0 Å². The van der Waals surface area contributed by atoms with Crippen LogP contribution in [0.5, 0.6) is 0 Å². The van der Waals surface area contributed by atoms with Crippen LogP contribution in [0.1, 0.15) is 48.1 Å². The van der Waals surface area contributed by atoms with E-state index in [9.17, 15) is 22.5 Å². The van der Waals surface area contributed by atoms with Gasteiger partial charge in [-0.05, 0) is 51.0 Å². The highest BCUT2D eigenvalue weighted by Gasteiger charge is 2.35. The summed E-state index contributed by atoms with van der Waals surface area (Å²) in [6.45, 7) is 9.09. The summed E-state index contributed by atoms with van der Waals surface area (Å²) in [5, 5.41) is 3.88. The van der Waals surface area contributed by atoms with Gasteiger partial charge < -0.3 is 14.8 Å². The molecule has 36 heavy (non-hydrogen) atoms. The monoisotopic (exact) mass is 519 g/mol. The van der Waals surface area contributed by atoms with Crippen LogP contribution in [0, 0.1) is 20.8 Å².